The summed E-state index contributed by atoms with van der Waals surface area (Å²) < 4.78 is 18.8. The lowest BCUT2D eigenvalue weighted by atomic mass is 10.1. The van der Waals surface area contributed by atoms with Crippen LogP contribution in [0.3, 0.4) is 0 Å². The molecule has 0 spiro atoms. The Morgan fingerprint density at radius 1 is 1.00 bits per heavy atom. The van der Waals surface area contributed by atoms with Gasteiger partial charge in [-0.1, -0.05) is 42.5 Å². The molecule has 1 amide bonds. The smallest absolute Gasteiger partial charge is 0.264 e. The number of hydrogen-bond acceptors (Lipinski definition) is 2. The lowest BCUT2D eigenvalue weighted by Crippen LogP contribution is -2.31. The van der Waals surface area contributed by atoms with E-state index in [2.05, 4.69) is 0 Å². The number of benzene rings is 3. The number of carbonyl (C=O) groups is 1. The molecule has 23 heavy (non-hydrogen) atoms. The van der Waals surface area contributed by atoms with E-state index in [0.29, 0.717) is 0 Å². The Bertz CT molecular complexity index is 847. The van der Waals surface area contributed by atoms with Crippen molar-refractivity contribution in [3.63, 3.8) is 0 Å². The van der Waals surface area contributed by atoms with Crippen molar-refractivity contribution in [2.24, 2.45) is 0 Å². The second kappa shape index (κ2) is 6.48. The average Bonchev–Trinajstić information content (AvgIpc) is 2.59. The zero-order chi connectivity index (χ0) is 16.2. The normalized spacial score (nSPS) is 10.5. The zero-order valence-electron chi connectivity index (χ0n) is 12.7. The summed E-state index contributed by atoms with van der Waals surface area (Å²) in [5, 5.41) is 2.17. The standard InChI is InChI=1S/C19H16FNO2/c1-21(16-11-10-14-6-2-3-7-15(14)12-16)19(22)13-23-18-9-5-4-8-17(18)20/h2-12H,13H2,1H3. The number of nitrogens with zero attached hydrogens (tertiary/aromatic N) is 1. The Kier molecular flexibility index (Phi) is 4.24. The molecule has 0 N–H and O–H groups in total. The van der Waals surface area contributed by atoms with Crippen molar-refractivity contribution in [3.8, 4) is 5.75 Å². The van der Waals surface area contributed by atoms with Crippen LogP contribution in [0.15, 0.2) is 66.7 Å². The van der Waals surface area contributed by atoms with Crippen molar-refractivity contribution in [3.05, 3.63) is 72.5 Å². The molecule has 0 radical (unpaired) electrons. The maximum atomic E-state index is 13.5. The van der Waals surface area contributed by atoms with Gasteiger partial charge in [-0.2, -0.15) is 0 Å². The molecule has 0 saturated heterocycles. The van der Waals surface area contributed by atoms with Gasteiger partial charge in [0.2, 0.25) is 0 Å². The molecular weight excluding hydrogens is 293 g/mol. The van der Waals surface area contributed by atoms with E-state index in [9.17, 15) is 9.18 Å². The van der Waals surface area contributed by atoms with Gasteiger partial charge >= 0.3 is 0 Å². The van der Waals surface area contributed by atoms with Gasteiger partial charge in [0.15, 0.2) is 18.2 Å². The molecule has 116 valence electrons. The van der Waals surface area contributed by atoms with E-state index >= 15 is 0 Å². The molecule has 0 bridgehead atoms. The minimum Gasteiger partial charge on any atom is -0.481 e. The summed E-state index contributed by atoms with van der Waals surface area (Å²) >= 11 is 0. The summed E-state index contributed by atoms with van der Waals surface area (Å²) in [6.45, 7) is -0.218. The van der Waals surface area contributed by atoms with E-state index in [1.165, 1.54) is 17.0 Å². The van der Waals surface area contributed by atoms with Gasteiger partial charge in [0.25, 0.3) is 5.91 Å². The Morgan fingerprint density at radius 3 is 2.48 bits per heavy atom. The van der Waals surface area contributed by atoms with E-state index in [1.54, 1.807) is 19.2 Å². The van der Waals surface area contributed by atoms with Crippen LogP contribution < -0.4 is 9.64 Å². The molecule has 0 aliphatic rings. The first-order valence-corrected chi connectivity index (χ1v) is 7.28. The molecule has 0 aliphatic heterocycles. The Labute approximate surface area is 133 Å². The van der Waals surface area contributed by atoms with E-state index in [1.807, 2.05) is 42.5 Å². The molecule has 3 rings (SSSR count). The third-order valence-electron chi connectivity index (χ3n) is 3.68. The predicted molar refractivity (Wildman–Crippen MR) is 89.3 cm³/mol. The molecule has 0 atom stereocenters. The molecule has 0 aromatic heterocycles. The number of rotatable bonds is 4. The number of fused-ring (bicyclic) bond motifs is 1. The minimum absolute atomic E-state index is 0.0766. The first-order valence-electron chi connectivity index (χ1n) is 7.28. The van der Waals surface area contributed by atoms with Crippen LogP contribution in [0.25, 0.3) is 10.8 Å². The highest BCUT2D eigenvalue weighted by Crippen LogP contribution is 2.22. The second-order valence-corrected chi connectivity index (χ2v) is 5.20. The monoisotopic (exact) mass is 309 g/mol. The van der Waals surface area contributed by atoms with E-state index in [4.69, 9.17) is 4.74 Å². The summed E-state index contributed by atoms with van der Waals surface area (Å²) in [6, 6.07) is 19.8. The number of halogens is 1. The van der Waals surface area contributed by atoms with Crippen molar-refractivity contribution >= 4 is 22.4 Å². The van der Waals surface area contributed by atoms with Gasteiger partial charge in [0, 0.05) is 12.7 Å². The lowest BCUT2D eigenvalue weighted by Gasteiger charge is -2.18. The van der Waals surface area contributed by atoms with Gasteiger partial charge in [-0.05, 0) is 35.0 Å². The van der Waals surface area contributed by atoms with Crippen LogP contribution >= 0.6 is 0 Å². The molecule has 3 aromatic rings. The number of para-hydroxylation sites is 1. The SMILES string of the molecule is CN(C(=O)COc1ccccc1F)c1ccc2ccccc2c1. The van der Waals surface area contributed by atoms with Crippen LogP contribution in [-0.4, -0.2) is 19.6 Å². The van der Waals surface area contributed by atoms with E-state index < -0.39 is 5.82 Å². The largest absolute Gasteiger partial charge is 0.481 e. The van der Waals surface area contributed by atoms with Gasteiger partial charge in [0.1, 0.15) is 0 Å². The minimum atomic E-state index is -0.478. The fourth-order valence-electron chi connectivity index (χ4n) is 2.33. The van der Waals surface area contributed by atoms with Crippen molar-refractivity contribution in [2.45, 2.75) is 0 Å². The quantitative estimate of drug-likeness (QED) is 0.728. The number of ether oxygens (including phenoxy) is 1. The zero-order valence-corrected chi connectivity index (χ0v) is 12.7. The van der Waals surface area contributed by atoms with Gasteiger partial charge in [-0.25, -0.2) is 4.39 Å². The fourth-order valence-corrected chi connectivity index (χ4v) is 2.33. The van der Waals surface area contributed by atoms with Gasteiger partial charge in [0.05, 0.1) is 0 Å². The van der Waals surface area contributed by atoms with Crippen LogP contribution in [0, 0.1) is 5.82 Å². The Hall–Kier alpha value is -2.88. The Balaban J connectivity index is 1.72. The van der Waals surface area contributed by atoms with Gasteiger partial charge in [-0.3, -0.25) is 4.79 Å². The van der Waals surface area contributed by atoms with E-state index in [-0.39, 0.29) is 18.3 Å². The van der Waals surface area contributed by atoms with Crippen molar-refractivity contribution in [2.75, 3.05) is 18.6 Å². The lowest BCUT2D eigenvalue weighted by molar-refractivity contribution is -0.120. The molecular formula is C19H16FNO2. The molecule has 0 unspecified atom stereocenters. The number of hydrogen-bond donors (Lipinski definition) is 0. The van der Waals surface area contributed by atoms with Gasteiger partial charge in [-0.15, -0.1) is 0 Å². The summed E-state index contributed by atoms with van der Waals surface area (Å²) in [7, 11) is 1.68. The summed E-state index contributed by atoms with van der Waals surface area (Å²) in [6.07, 6.45) is 0. The summed E-state index contributed by atoms with van der Waals surface area (Å²) in [5.41, 5.74) is 0.769. The van der Waals surface area contributed by atoms with Crippen molar-refractivity contribution < 1.29 is 13.9 Å². The van der Waals surface area contributed by atoms with Crippen LogP contribution in [-0.2, 0) is 4.79 Å². The van der Waals surface area contributed by atoms with Crippen molar-refractivity contribution in [1.29, 1.82) is 0 Å². The third-order valence-corrected chi connectivity index (χ3v) is 3.68. The molecule has 0 fully saturated rings. The highest BCUT2D eigenvalue weighted by atomic mass is 19.1. The maximum absolute atomic E-state index is 13.5. The van der Waals surface area contributed by atoms with Gasteiger partial charge < -0.3 is 9.64 Å². The molecule has 3 aromatic carbocycles. The van der Waals surface area contributed by atoms with Crippen molar-refractivity contribution in [1.82, 2.24) is 0 Å². The fraction of sp³-hybridized carbons (Fsp3) is 0.105. The average molecular weight is 309 g/mol. The highest BCUT2D eigenvalue weighted by Gasteiger charge is 2.13. The highest BCUT2D eigenvalue weighted by molar-refractivity contribution is 5.96. The van der Waals surface area contributed by atoms with Crippen LogP contribution in [0.5, 0.6) is 5.75 Å². The van der Waals surface area contributed by atoms with Crippen LogP contribution in [0.2, 0.25) is 0 Å². The number of anilines is 1. The second-order valence-electron chi connectivity index (χ2n) is 5.20. The molecule has 0 saturated carbocycles. The number of amides is 1. The first kappa shape index (κ1) is 15.0. The number of carbonyl (C=O) groups excluding carboxylic acids is 1. The van der Waals surface area contributed by atoms with E-state index in [0.717, 1.165) is 16.5 Å². The van der Waals surface area contributed by atoms with Crippen LogP contribution in [0.1, 0.15) is 0 Å². The maximum Gasteiger partial charge on any atom is 0.264 e. The third kappa shape index (κ3) is 3.31. The topological polar surface area (TPSA) is 29.5 Å². The Morgan fingerprint density at radius 2 is 1.70 bits per heavy atom. The number of likely N-dealkylation sites (N-methyl/N-ethyl adjacent to an activating group) is 1. The predicted octanol–water partition coefficient (Wildman–Crippen LogP) is 4.02. The summed E-state index contributed by atoms with van der Waals surface area (Å²) in [5.74, 6) is -0.648. The molecule has 0 heterocycles. The molecule has 0 aliphatic carbocycles. The molecule has 3 nitrogen and oxygen atoms in total. The summed E-state index contributed by atoms with van der Waals surface area (Å²) in [4.78, 5) is 13.7. The first-order chi connectivity index (χ1) is 11.1. The molecule has 4 heteroatoms. The van der Waals surface area contributed by atoms with Crippen LogP contribution in [0.4, 0.5) is 10.1 Å².